The molecule has 9 nitrogen and oxygen atoms in total. The van der Waals surface area contributed by atoms with Crippen LogP contribution in [-0.2, 0) is 21.1 Å². The first kappa shape index (κ1) is 24.4. The van der Waals surface area contributed by atoms with Gasteiger partial charge in [-0.05, 0) is 42.0 Å². The lowest BCUT2D eigenvalue weighted by molar-refractivity contribution is 0.000286. The molecule has 0 unspecified atom stereocenters. The van der Waals surface area contributed by atoms with E-state index >= 15 is 0 Å². The number of hydrogen-bond acceptors (Lipinski definition) is 8. The number of sulfone groups is 1. The van der Waals surface area contributed by atoms with Crippen LogP contribution in [0.3, 0.4) is 0 Å². The Labute approximate surface area is 193 Å². The standard InChI is InChI=1S/C23H26N2O7S/c1-3-16-31-20-8-10-21(11-9-20)33(28,29)23(32-22(26)24-27)12-14-25(15-13-23)17-18-4-6-19(30-2)7-5-18/h1,4-11,27H,12-17H2,2H3,(H,24,26). The van der Waals surface area contributed by atoms with Crippen LogP contribution < -0.4 is 15.0 Å². The van der Waals surface area contributed by atoms with Crippen molar-refractivity contribution in [1.29, 1.82) is 0 Å². The molecular weight excluding hydrogens is 448 g/mol. The number of piperidine rings is 1. The number of hydrogen-bond donors (Lipinski definition) is 2. The number of terminal acetylenes is 1. The average molecular weight is 475 g/mol. The summed E-state index contributed by atoms with van der Waals surface area (Å²) in [4.78, 5) is 12.1. The van der Waals surface area contributed by atoms with E-state index in [-0.39, 0.29) is 24.3 Å². The zero-order valence-electron chi connectivity index (χ0n) is 18.2. The van der Waals surface area contributed by atoms with E-state index in [2.05, 4.69) is 10.8 Å². The first-order valence-corrected chi connectivity index (χ1v) is 11.7. The first-order valence-electron chi connectivity index (χ1n) is 10.2. The number of carbonyl (C=O) groups is 1. The molecule has 1 saturated heterocycles. The van der Waals surface area contributed by atoms with Crippen LogP contribution >= 0.6 is 0 Å². The number of nitrogens with zero attached hydrogens (tertiary/aromatic N) is 1. The van der Waals surface area contributed by atoms with E-state index in [1.165, 1.54) is 29.7 Å². The molecular formula is C23H26N2O7S. The molecule has 1 aliphatic rings. The van der Waals surface area contributed by atoms with Crippen LogP contribution in [0.25, 0.3) is 0 Å². The van der Waals surface area contributed by atoms with Crippen molar-refractivity contribution in [2.75, 3.05) is 26.8 Å². The maximum atomic E-state index is 13.5. The molecule has 3 rings (SSSR count). The Kier molecular flexibility index (Phi) is 7.81. The summed E-state index contributed by atoms with van der Waals surface area (Å²) < 4.78 is 42.8. The molecule has 2 aromatic carbocycles. The fraction of sp³-hybridized carbons (Fsp3) is 0.348. The number of ether oxygens (including phenoxy) is 3. The smallest absolute Gasteiger partial charge is 0.432 e. The molecule has 0 spiro atoms. The van der Waals surface area contributed by atoms with Crippen molar-refractivity contribution in [3.63, 3.8) is 0 Å². The SMILES string of the molecule is C#CCOc1ccc(S(=O)(=O)C2(OC(=O)NO)CCN(Cc3ccc(OC)cc3)CC2)cc1. The van der Waals surface area contributed by atoms with E-state index in [1.807, 2.05) is 24.3 Å². The van der Waals surface area contributed by atoms with Gasteiger partial charge in [0.05, 0.1) is 12.0 Å². The summed E-state index contributed by atoms with van der Waals surface area (Å²) in [5.41, 5.74) is 2.41. The summed E-state index contributed by atoms with van der Waals surface area (Å²) in [6, 6.07) is 13.3. The Morgan fingerprint density at radius 3 is 2.27 bits per heavy atom. The molecule has 0 aromatic heterocycles. The van der Waals surface area contributed by atoms with Crippen LogP contribution in [0.4, 0.5) is 4.79 Å². The zero-order valence-corrected chi connectivity index (χ0v) is 19.0. The monoisotopic (exact) mass is 474 g/mol. The van der Waals surface area contributed by atoms with Gasteiger partial charge in [0.2, 0.25) is 14.8 Å². The van der Waals surface area contributed by atoms with Gasteiger partial charge in [0, 0.05) is 32.5 Å². The largest absolute Gasteiger partial charge is 0.497 e. The molecule has 0 aliphatic carbocycles. The molecule has 1 amide bonds. The van der Waals surface area contributed by atoms with E-state index in [0.717, 1.165) is 11.3 Å². The molecule has 176 valence electrons. The highest BCUT2D eigenvalue weighted by atomic mass is 32.2. The second-order valence-electron chi connectivity index (χ2n) is 7.50. The lowest BCUT2D eigenvalue weighted by atomic mass is 10.1. The molecule has 10 heteroatoms. The van der Waals surface area contributed by atoms with Crippen LogP contribution in [0.15, 0.2) is 53.4 Å². The van der Waals surface area contributed by atoms with Gasteiger partial charge in [0.25, 0.3) is 0 Å². The van der Waals surface area contributed by atoms with E-state index in [0.29, 0.717) is 25.4 Å². The number of hydroxylamine groups is 1. The summed E-state index contributed by atoms with van der Waals surface area (Å²) in [7, 11) is -2.51. The Hall–Kier alpha value is -3.26. The van der Waals surface area contributed by atoms with Crippen molar-refractivity contribution >= 4 is 15.9 Å². The minimum absolute atomic E-state index is 0.0232. The third kappa shape index (κ3) is 5.57. The Balaban J connectivity index is 1.78. The molecule has 1 aliphatic heterocycles. The molecule has 0 radical (unpaired) electrons. The van der Waals surface area contributed by atoms with E-state index in [1.54, 1.807) is 7.11 Å². The number of methoxy groups -OCH3 is 1. The minimum Gasteiger partial charge on any atom is -0.497 e. The van der Waals surface area contributed by atoms with Crippen LogP contribution in [0.1, 0.15) is 18.4 Å². The number of amides is 1. The van der Waals surface area contributed by atoms with Gasteiger partial charge in [-0.25, -0.2) is 18.7 Å². The van der Waals surface area contributed by atoms with Gasteiger partial charge in [-0.1, -0.05) is 18.1 Å². The third-order valence-corrected chi connectivity index (χ3v) is 7.86. The molecule has 0 saturated carbocycles. The summed E-state index contributed by atoms with van der Waals surface area (Å²) in [6.07, 6.45) is 4.01. The van der Waals surface area contributed by atoms with Crippen molar-refractivity contribution in [1.82, 2.24) is 10.4 Å². The molecule has 2 aromatic rings. The van der Waals surface area contributed by atoms with Gasteiger partial charge in [0.15, 0.2) is 0 Å². The van der Waals surface area contributed by atoms with Gasteiger partial charge in [0.1, 0.15) is 18.1 Å². The maximum absolute atomic E-state index is 13.5. The fourth-order valence-corrected chi connectivity index (χ4v) is 5.54. The van der Waals surface area contributed by atoms with Crippen LogP contribution in [0, 0.1) is 12.3 Å². The van der Waals surface area contributed by atoms with Crippen molar-refractivity contribution in [3.05, 3.63) is 54.1 Å². The molecule has 1 heterocycles. The molecule has 1 fully saturated rings. The number of nitrogens with one attached hydrogen (secondary N) is 1. The zero-order chi connectivity index (χ0) is 23.9. The fourth-order valence-electron chi connectivity index (χ4n) is 3.71. The highest BCUT2D eigenvalue weighted by Crippen LogP contribution is 2.37. The summed E-state index contributed by atoms with van der Waals surface area (Å²) in [6.45, 7) is 1.40. The van der Waals surface area contributed by atoms with Crippen molar-refractivity contribution in [2.45, 2.75) is 29.2 Å². The Morgan fingerprint density at radius 1 is 1.12 bits per heavy atom. The Bertz CT molecular complexity index is 1090. The number of likely N-dealkylation sites (tertiary alicyclic amines) is 1. The number of benzene rings is 2. The van der Waals surface area contributed by atoms with Gasteiger partial charge in [-0.15, -0.1) is 6.42 Å². The molecule has 2 N–H and O–H groups in total. The predicted octanol–water partition coefficient (Wildman–Crippen LogP) is 2.59. The lowest BCUT2D eigenvalue weighted by Crippen LogP contribution is -2.52. The summed E-state index contributed by atoms with van der Waals surface area (Å²) >= 11 is 0. The molecule has 0 atom stereocenters. The van der Waals surface area contributed by atoms with Gasteiger partial charge in [-0.3, -0.25) is 10.1 Å². The maximum Gasteiger partial charge on any atom is 0.432 e. The van der Waals surface area contributed by atoms with Gasteiger partial charge in [-0.2, -0.15) is 0 Å². The van der Waals surface area contributed by atoms with Crippen LogP contribution in [-0.4, -0.2) is 56.4 Å². The quantitative estimate of drug-likeness (QED) is 0.341. The number of carbonyl (C=O) groups excluding carboxylic acids is 1. The first-order chi connectivity index (χ1) is 15.8. The van der Waals surface area contributed by atoms with E-state index in [4.69, 9.17) is 25.8 Å². The second-order valence-corrected chi connectivity index (χ2v) is 9.73. The van der Waals surface area contributed by atoms with Crippen molar-refractivity contribution < 1.29 is 32.6 Å². The van der Waals surface area contributed by atoms with Gasteiger partial charge >= 0.3 is 6.09 Å². The van der Waals surface area contributed by atoms with Crippen molar-refractivity contribution in [3.8, 4) is 23.8 Å². The van der Waals surface area contributed by atoms with E-state index < -0.39 is 20.9 Å². The minimum atomic E-state index is -4.10. The van der Waals surface area contributed by atoms with Crippen LogP contribution in [0.2, 0.25) is 0 Å². The third-order valence-electron chi connectivity index (χ3n) is 5.50. The highest BCUT2D eigenvalue weighted by molar-refractivity contribution is 7.92. The van der Waals surface area contributed by atoms with Gasteiger partial charge < -0.3 is 14.2 Å². The average Bonchev–Trinajstić information content (AvgIpc) is 2.84. The topological polar surface area (TPSA) is 114 Å². The summed E-state index contributed by atoms with van der Waals surface area (Å²) in [5, 5.41) is 8.95. The van der Waals surface area contributed by atoms with Crippen molar-refractivity contribution in [2.24, 2.45) is 0 Å². The molecule has 33 heavy (non-hydrogen) atoms. The summed E-state index contributed by atoms with van der Waals surface area (Å²) in [5.74, 6) is 3.51. The predicted molar refractivity (Wildman–Crippen MR) is 120 cm³/mol. The Morgan fingerprint density at radius 2 is 1.73 bits per heavy atom. The highest BCUT2D eigenvalue weighted by Gasteiger charge is 2.50. The molecule has 0 bridgehead atoms. The van der Waals surface area contributed by atoms with Crippen LogP contribution in [0.5, 0.6) is 11.5 Å². The second kappa shape index (κ2) is 10.6. The number of rotatable bonds is 8. The lowest BCUT2D eigenvalue weighted by Gasteiger charge is -2.40. The normalized spacial score (nSPS) is 15.8. The van der Waals surface area contributed by atoms with E-state index in [9.17, 15) is 13.2 Å².